The monoisotopic (exact) mass is 279 g/mol. The van der Waals surface area contributed by atoms with Crippen LogP contribution in [0, 0.1) is 5.82 Å². The zero-order valence-electron chi connectivity index (χ0n) is 11.2. The number of carboxylic acids is 1. The Labute approximate surface area is 117 Å². The first-order valence-corrected chi connectivity index (χ1v) is 6.82. The Morgan fingerprint density at radius 2 is 2.15 bits per heavy atom. The summed E-state index contributed by atoms with van der Waals surface area (Å²) in [6.07, 6.45) is 2.66. The Balaban J connectivity index is 2.04. The molecule has 1 aromatic rings. The first kappa shape index (κ1) is 14.5. The molecule has 4 nitrogen and oxygen atoms in total. The number of hydrogen-bond donors (Lipinski definition) is 1. The lowest BCUT2D eigenvalue weighted by Gasteiger charge is -2.35. The van der Waals surface area contributed by atoms with Crippen LogP contribution >= 0.6 is 0 Å². The Morgan fingerprint density at radius 3 is 2.85 bits per heavy atom. The molecule has 20 heavy (non-hydrogen) atoms. The average molecular weight is 279 g/mol. The highest BCUT2D eigenvalue weighted by Crippen LogP contribution is 2.21. The average Bonchev–Trinajstić information content (AvgIpc) is 2.38. The fourth-order valence-corrected chi connectivity index (χ4v) is 2.67. The van der Waals surface area contributed by atoms with E-state index in [1.807, 2.05) is 0 Å². The summed E-state index contributed by atoms with van der Waals surface area (Å²) >= 11 is 0. The zero-order chi connectivity index (χ0) is 14.5. The maximum atomic E-state index is 13.1. The molecule has 2 rings (SSSR count). The predicted molar refractivity (Wildman–Crippen MR) is 71.7 cm³/mol. The van der Waals surface area contributed by atoms with E-state index in [4.69, 9.17) is 5.11 Å². The smallest absolute Gasteiger partial charge is 0.305 e. The number of carbonyl (C=O) groups is 2. The molecule has 5 heteroatoms. The molecule has 1 unspecified atom stereocenters. The summed E-state index contributed by atoms with van der Waals surface area (Å²) in [6.45, 7) is 0.589. The molecule has 1 heterocycles. The second-order valence-corrected chi connectivity index (χ2v) is 5.14. The van der Waals surface area contributed by atoms with Crippen LogP contribution in [-0.2, 0) is 16.0 Å². The number of benzene rings is 1. The molecular weight excluding hydrogens is 261 g/mol. The van der Waals surface area contributed by atoms with Gasteiger partial charge in [-0.2, -0.15) is 0 Å². The van der Waals surface area contributed by atoms with Crippen molar-refractivity contribution >= 4 is 11.9 Å². The SMILES string of the molecule is O=C(O)CC1CCCCN1C(=O)Cc1cccc(F)c1. The van der Waals surface area contributed by atoms with Crippen LogP contribution in [0.2, 0.25) is 0 Å². The van der Waals surface area contributed by atoms with Crippen molar-refractivity contribution in [2.24, 2.45) is 0 Å². The molecule has 1 amide bonds. The van der Waals surface area contributed by atoms with Crippen molar-refractivity contribution in [1.82, 2.24) is 4.90 Å². The molecule has 1 aliphatic heterocycles. The highest BCUT2D eigenvalue weighted by Gasteiger charge is 2.28. The minimum atomic E-state index is -0.888. The van der Waals surface area contributed by atoms with E-state index in [1.54, 1.807) is 17.0 Å². The van der Waals surface area contributed by atoms with Gasteiger partial charge in [0.25, 0.3) is 0 Å². The summed E-state index contributed by atoms with van der Waals surface area (Å²) in [6, 6.07) is 5.72. The number of nitrogens with zero attached hydrogens (tertiary/aromatic N) is 1. The largest absolute Gasteiger partial charge is 0.481 e. The number of halogens is 1. The van der Waals surface area contributed by atoms with Crippen LogP contribution in [0.5, 0.6) is 0 Å². The van der Waals surface area contributed by atoms with Gasteiger partial charge in [0.15, 0.2) is 0 Å². The molecule has 0 radical (unpaired) electrons. The van der Waals surface area contributed by atoms with Crippen molar-refractivity contribution < 1.29 is 19.1 Å². The summed E-state index contributed by atoms with van der Waals surface area (Å²) in [5, 5.41) is 8.90. The molecule has 108 valence electrons. The fourth-order valence-electron chi connectivity index (χ4n) is 2.67. The second kappa shape index (κ2) is 6.50. The number of hydrogen-bond acceptors (Lipinski definition) is 2. The highest BCUT2D eigenvalue weighted by molar-refractivity contribution is 5.80. The van der Waals surface area contributed by atoms with E-state index in [0.717, 1.165) is 19.3 Å². The molecule has 1 atom stereocenters. The van der Waals surface area contributed by atoms with Crippen LogP contribution in [0.1, 0.15) is 31.2 Å². The van der Waals surface area contributed by atoms with Gasteiger partial charge >= 0.3 is 5.97 Å². The molecule has 0 aliphatic carbocycles. The third-order valence-electron chi connectivity index (χ3n) is 3.60. The van der Waals surface area contributed by atoms with Crippen LogP contribution in [0.3, 0.4) is 0 Å². The number of carbonyl (C=O) groups excluding carboxylic acids is 1. The number of aliphatic carboxylic acids is 1. The Hall–Kier alpha value is -1.91. The molecule has 1 fully saturated rings. The van der Waals surface area contributed by atoms with Gasteiger partial charge in [-0.15, -0.1) is 0 Å². The normalized spacial score (nSPS) is 18.9. The van der Waals surface area contributed by atoms with Gasteiger partial charge < -0.3 is 10.0 Å². The highest BCUT2D eigenvalue weighted by atomic mass is 19.1. The van der Waals surface area contributed by atoms with E-state index in [9.17, 15) is 14.0 Å². The van der Waals surface area contributed by atoms with Gasteiger partial charge in [-0.3, -0.25) is 9.59 Å². The summed E-state index contributed by atoms with van der Waals surface area (Å²) in [5.41, 5.74) is 0.620. The third-order valence-corrected chi connectivity index (χ3v) is 3.60. The Morgan fingerprint density at radius 1 is 1.35 bits per heavy atom. The zero-order valence-corrected chi connectivity index (χ0v) is 11.2. The van der Waals surface area contributed by atoms with Gasteiger partial charge in [0.2, 0.25) is 5.91 Å². The van der Waals surface area contributed by atoms with Crippen molar-refractivity contribution in [3.05, 3.63) is 35.6 Å². The molecule has 1 saturated heterocycles. The van der Waals surface area contributed by atoms with Crippen molar-refractivity contribution in [1.29, 1.82) is 0 Å². The van der Waals surface area contributed by atoms with Crippen LogP contribution in [-0.4, -0.2) is 34.5 Å². The van der Waals surface area contributed by atoms with E-state index >= 15 is 0 Å². The summed E-state index contributed by atoms with van der Waals surface area (Å²) in [4.78, 5) is 24.8. The lowest BCUT2D eigenvalue weighted by atomic mass is 9.98. The Kier molecular flexibility index (Phi) is 4.71. The topological polar surface area (TPSA) is 57.6 Å². The maximum absolute atomic E-state index is 13.1. The minimum Gasteiger partial charge on any atom is -0.481 e. The quantitative estimate of drug-likeness (QED) is 0.919. The summed E-state index contributed by atoms with van der Waals surface area (Å²) < 4.78 is 13.1. The van der Waals surface area contributed by atoms with Gasteiger partial charge in [-0.25, -0.2) is 4.39 Å². The van der Waals surface area contributed by atoms with E-state index in [2.05, 4.69) is 0 Å². The van der Waals surface area contributed by atoms with Crippen molar-refractivity contribution in [3.63, 3.8) is 0 Å². The standard InChI is InChI=1S/C15H18FNO3/c16-12-5-3-4-11(8-12)9-14(18)17-7-2-1-6-13(17)10-15(19)20/h3-5,8,13H,1-2,6-7,9-10H2,(H,19,20). The van der Waals surface area contributed by atoms with Gasteiger partial charge in [-0.05, 0) is 37.0 Å². The van der Waals surface area contributed by atoms with Crippen LogP contribution in [0.25, 0.3) is 0 Å². The van der Waals surface area contributed by atoms with Crippen LogP contribution < -0.4 is 0 Å². The number of amides is 1. The molecule has 0 bridgehead atoms. The first-order chi connectivity index (χ1) is 9.56. The minimum absolute atomic E-state index is 0.0190. The number of piperidine rings is 1. The second-order valence-electron chi connectivity index (χ2n) is 5.14. The van der Waals surface area contributed by atoms with Crippen LogP contribution in [0.15, 0.2) is 24.3 Å². The van der Waals surface area contributed by atoms with E-state index < -0.39 is 5.97 Å². The van der Waals surface area contributed by atoms with Gasteiger partial charge in [0.1, 0.15) is 5.82 Å². The molecule has 1 aliphatic rings. The number of likely N-dealkylation sites (tertiary alicyclic amines) is 1. The van der Waals surface area contributed by atoms with Crippen molar-refractivity contribution in [2.75, 3.05) is 6.54 Å². The summed E-state index contributed by atoms with van der Waals surface area (Å²) in [5.74, 6) is -1.38. The predicted octanol–water partition coefficient (Wildman–Crippen LogP) is 2.22. The summed E-state index contributed by atoms with van der Waals surface area (Å²) in [7, 11) is 0. The molecule has 1 N–H and O–H groups in total. The van der Waals surface area contributed by atoms with E-state index in [0.29, 0.717) is 12.1 Å². The molecular formula is C15H18FNO3. The molecule has 0 spiro atoms. The lowest BCUT2D eigenvalue weighted by Crippen LogP contribution is -2.45. The molecule has 0 aromatic heterocycles. The van der Waals surface area contributed by atoms with Crippen LogP contribution in [0.4, 0.5) is 4.39 Å². The van der Waals surface area contributed by atoms with Crippen molar-refractivity contribution in [2.45, 2.75) is 38.1 Å². The number of rotatable bonds is 4. The van der Waals surface area contributed by atoms with Gasteiger partial charge in [-0.1, -0.05) is 12.1 Å². The molecule has 0 saturated carbocycles. The fraction of sp³-hybridized carbons (Fsp3) is 0.467. The maximum Gasteiger partial charge on any atom is 0.305 e. The van der Waals surface area contributed by atoms with E-state index in [-0.39, 0.29) is 30.6 Å². The lowest BCUT2D eigenvalue weighted by molar-refractivity contribution is -0.141. The van der Waals surface area contributed by atoms with Crippen molar-refractivity contribution in [3.8, 4) is 0 Å². The van der Waals surface area contributed by atoms with Gasteiger partial charge in [0, 0.05) is 12.6 Å². The molecule has 1 aromatic carbocycles. The Bertz CT molecular complexity index is 504. The van der Waals surface area contributed by atoms with Gasteiger partial charge in [0.05, 0.1) is 12.8 Å². The van der Waals surface area contributed by atoms with E-state index in [1.165, 1.54) is 12.1 Å². The number of carboxylic acid groups (broad SMARTS) is 1. The third kappa shape index (κ3) is 3.79. The first-order valence-electron chi connectivity index (χ1n) is 6.82.